The van der Waals surface area contributed by atoms with Crippen molar-refractivity contribution in [3.05, 3.63) is 29.3 Å². The van der Waals surface area contributed by atoms with Crippen molar-refractivity contribution in [2.75, 3.05) is 6.61 Å². The molecular weight excluding hydrogens is 168 g/mol. The van der Waals surface area contributed by atoms with Crippen LogP contribution < -0.4 is 4.74 Å². The summed E-state index contributed by atoms with van der Waals surface area (Å²) in [6.07, 6.45) is 0.305. The Morgan fingerprint density at radius 3 is 3.15 bits per heavy atom. The first-order valence-corrected chi connectivity index (χ1v) is 4.21. The summed E-state index contributed by atoms with van der Waals surface area (Å²) >= 11 is 0. The van der Waals surface area contributed by atoms with Crippen LogP contribution in [0.1, 0.15) is 17.2 Å². The van der Waals surface area contributed by atoms with Crippen LogP contribution >= 0.6 is 0 Å². The molecule has 3 heteroatoms. The molecule has 1 aliphatic rings. The van der Waals surface area contributed by atoms with Gasteiger partial charge in [0, 0.05) is 12.0 Å². The first-order chi connectivity index (χ1) is 6.33. The summed E-state index contributed by atoms with van der Waals surface area (Å²) in [5.74, 6) is 0.683. The van der Waals surface area contributed by atoms with E-state index >= 15 is 0 Å². The Morgan fingerprint density at radius 1 is 1.54 bits per heavy atom. The third-order valence-corrected chi connectivity index (χ3v) is 2.19. The summed E-state index contributed by atoms with van der Waals surface area (Å²) in [5.41, 5.74) is 1.64. The van der Waals surface area contributed by atoms with Gasteiger partial charge in [-0.15, -0.1) is 0 Å². The molecule has 0 aliphatic carbocycles. The molecule has 1 aromatic rings. The van der Waals surface area contributed by atoms with Gasteiger partial charge in [-0.05, 0) is 5.56 Å². The Balaban J connectivity index is 2.46. The molecule has 3 nitrogen and oxygen atoms in total. The molecule has 1 N–H and O–H groups in total. The summed E-state index contributed by atoms with van der Waals surface area (Å²) < 4.78 is 5.33. The number of benzene rings is 1. The van der Waals surface area contributed by atoms with Gasteiger partial charge in [-0.3, -0.25) is 0 Å². The first kappa shape index (κ1) is 8.26. The number of aliphatic hydroxyl groups excluding tert-OH is 1. The zero-order chi connectivity index (χ0) is 9.26. The Labute approximate surface area is 76.0 Å². The molecule has 1 atom stereocenters. The average molecular weight is 178 g/mol. The quantitative estimate of drug-likeness (QED) is 0.683. The SMILES string of the molecule is O=CC(O)c1cccc2c1OCC2. The number of ether oxygens (including phenoxy) is 1. The van der Waals surface area contributed by atoms with Crippen LogP contribution in [-0.2, 0) is 11.2 Å². The van der Waals surface area contributed by atoms with E-state index in [0.717, 1.165) is 12.0 Å². The van der Waals surface area contributed by atoms with Crippen LogP contribution in [0, 0.1) is 0 Å². The molecule has 0 bridgehead atoms. The van der Waals surface area contributed by atoms with Crippen molar-refractivity contribution in [2.45, 2.75) is 12.5 Å². The minimum absolute atomic E-state index is 0.511. The van der Waals surface area contributed by atoms with Crippen LogP contribution in [-0.4, -0.2) is 18.0 Å². The lowest BCUT2D eigenvalue weighted by Crippen LogP contribution is -2.00. The highest BCUT2D eigenvalue weighted by Crippen LogP contribution is 2.32. The van der Waals surface area contributed by atoms with Gasteiger partial charge in [0.1, 0.15) is 11.9 Å². The molecule has 0 aromatic heterocycles. The zero-order valence-electron chi connectivity index (χ0n) is 7.06. The van der Waals surface area contributed by atoms with Crippen molar-refractivity contribution in [3.8, 4) is 5.75 Å². The van der Waals surface area contributed by atoms with Crippen LogP contribution in [0.2, 0.25) is 0 Å². The summed E-state index contributed by atoms with van der Waals surface area (Å²) in [6, 6.07) is 5.49. The molecule has 13 heavy (non-hydrogen) atoms. The predicted molar refractivity (Wildman–Crippen MR) is 46.7 cm³/mol. The van der Waals surface area contributed by atoms with Gasteiger partial charge < -0.3 is 14.6 Å². The van der Waals surface area contributed by atoms with Crippen LogP contribution in [0.15, 0.2) is 18.2 Å². The summed E-state index contributed by atoms with van der Waals surface area (Å²) in [4.78, 5) is 10.4. The molecule has 0 amide bonds. The number of carbonyl (C=O) groups excluding carboxylic acids is 1. The third-order valence-electron chi connectivity index (χ3n) is 2.19. The van der Waals surface area contributed by atoms with Gasteiger partial charge in [0.05, 0.1) is 6.61 Å². The highest BCUT2D eigenvalue weighted by atomic mass is 16.5. The normalized spacial score (nSPS) is 16.1. The topological polar surface area (TPSA) is 46.5 Å². The molecule has 2 rings (SSSR count). The van der Waals surface area contributed by atoms with E-state index in [1.165, 1.54) is 0 Å². The van der Waals surface area contributed by atoms with Crippen LogP contribution in [0.3, 0.4) is 0 Å². The lowest BCUT2D eigenvalue weighted by molar-refractivity contribution is -0.115. The number of hydrogen-bond donors (Lipinski definition) is 1. The molecule has 1 aromatic carbocycles. The fourth-order valence-electron chi connectivity index (χ4n) is 1.55. The highest BCUT2D eigenvalue weighted by molar-refractivity contribution is 5.63. The second-order valence-corrected chi connectivity index (χ2v) is 3.01. The van der Waals surface area contributed by atoms with Crippen LogP contribution in [0.5, 0.6) is 5.75 Å². The third kappa shape index (κ3) is 1.31. The van der Waals surface area contributed by atoms with E-state index in [4.69, 9.17) is 4.74 Å². The van der Waals surface area contributed by atoms with Crippen molar-refractivity contribution in [2.24, 2.45) is 0 Å². The van der Waals surface area contributed by atoms with Crippen molar-refractivity contribution >= 4 is 6.29 Å². The van der Waals surface area contributed by atoms with Gasteiger partial charge in [0.25, 0.3) is 0 Å². The van der Waals surface area contributed by atoms with E-state index in [1.54, 1.807) is 6.07 Å². The van der Waals surface area contributed by atoms with E-state index < -0.39 is 6.10 Å². The number of hydrogen-bond acceptors (Lipinski definition) is 3. The molecule has 0 radical (unpaired) electrons. The number of aliphatic hydroxyl groups is 1. The molecule has 0 saturated heterocycles. The maximum Gasteiger partial charge on any atom is 0.153 e. The Morgan fingerprint density at radius 2 is 2.38 bits per heavy atom. The number of para-hydroxylation sites is 1. The first-order valence-electron chi connectivity index (χ1n) is 4.21. The highest BCUT2D eigenvalue weighted by Gasteiger charge is 2.19. The smallest absolute Gasteiger partial charge is 0.153 e. The molecular formula is C10H10O3. The molecule has 0 fully saturated rings. The van der Waals surface area contributed by atoms with Crippen molar-refractivity contribution in [3.63, 3.8) is 0 Å². The molecule has 0 saturated carbocycles. The maximum atomic E-state index is 10.4. The van der Waals surface area contributed by atoms with Gasteiger partial charge in [-0.2, -0.15) is 0 Å². The monoisotopic (exact) mass is 178 g/mol. The predicted octanol–water partition coefficient (Wildman–Crippen LogP) is 0.854. The standard InChI is InChI=1S/C10H10O3/c11-6-9(12)8-3-1-2-7-4-5-13-10(7)8/h1-3,6,9,12H,4-5H2. The summed E-state index contributed by atoms with van der Waals surface area (Å²) in [6.45, 7) is 0.637. The molecule has 68 valence electrons. The minimum Gasteiger partial charge on any atom is -0.493 e. The number of fused-ring (bicyclic) bond motifs is 1. The second-order valence-electron chi connectivity index (χ2n) is 3.01. The van der Waals surface area contributed by atoms with Crippen molar-refractivity contribution in [1.29, 1.82) is 0 Å². The minimum atomic E-state index is -1.06. The number of carbonyl (C=O) groups is 1. The van der Waals surface area contributed by atoms with E-state index in [0.29, 0.717) is 24.2 Å². The van der Waals surface area contributed by atoms with Gasteiger partial charge in [0.15, 0.2) is 6.29 Å². The van der Waals surface area contributed by atoms with Crippen molar-refractivity contribution < 1.29 is 14.6 Å². The molecule has 1 unspecified atom stereocenters. The zero-order valence-corrected chi connectivity index (χ0v) is 7.06. The summed E-state index contributed by atoms with van der Waals surface area (Å²) in [7, 11) is 0. The molecule has 0 spiro atoms. The fourth-order valence-corrected chi connectivity index (χ4v) is 1.55. The van der Waals surface area contributed by atoms with Gasteiger partial charge in [-0.25, -0.2) is 0 Å². The van der Waals surface area contributed by atoms with Gasteiger partial charge in [-0.1, -0.05) is 18.2 Å². The molecule has 1 heterocycles. The van der Waals surface area contributed by atoms with Gasteiger partial charge >= 0.3 is 0 Å². The second kappa shape index (κ2) is 3.18. The van der Waals surface area contributed by atoms with E-state index in [-0.39, 0.29) is 0 Å². The Kier molecular flexibility index (Phi) is 2.02. The molecule has 1 aliphatic heterocycles. The summed E-state index contributed by atoms with van der Waals surface area (Å²) in [5, 5.41) is 9.35. The van der Waals surface area contributed by atoms with Crippen LogP contribution in [0.25, 0.3) is 0 Å². The Bertz CT molecular complexity index is 333. The lowest BCUT2D eigenvalue weighted by Gasteiger charge is -2.08. The van der Waals surface area contributed by atoms with Crippen molar-refractivity contribution in [1.82, 2.24) is 0 Å². The number of aldehydes is 1. The lowest BCUT2D eigenvalue weighted by atomic mass is 10.0. The average Bonchev–Trinajstić information content (AvgIpc) is 2.63. The van der Waals surface area contributed by atoms with E-state index in [9.17, 15) is 9.90 Å². The number of rotatable bonds is 2. The van der Waals surface area contributed by atoms with E-state index in [1.807, 2.05) is 12.1 Å². The largest absolute Gasteiger partial charge is 0.493 e. The van der Waals surface area contributed by atoms with E-state index in [2.05, 4.69) is 0 Å². The fraction of sp³-hybridized carbons (Fsp3) is 0.300. The maximum absolute atomic E-state index is 10.4. The Hall–Kier alpha value is -1.35. The van der Waals surface area contributed by atoms with Gasteiger partial charge in [0.2, 0.25) is 0 Å². The van der Waals surface area contributed by atoms with Crippen LogP contribution in [0.4, 0.5) is 0 Å².